The number of carbonyl (C=O) groups is 2. The molecule has 0 saturated heterocycles. The zero-order valence-electron chi connectivity index (χ0n) is 14.3. The number of nitro benzene ring substituents is 1. The molecule has 0 radical (unpaired) electrons. The Bertz CT molecular complexity index is 783. The Morgan fingerprint density at radius 1 is 1.23 bits per heavy atom. The molecule has 1 aromatic rings. The van der Waals surface area contributed by atoms with Gasteiger partial charge in [-0.15, -0.1) is 11.6 Å². The number of esters is 1. The highest BCUT2D eigenvalue weighted by Gasteiger charge is 2.36. The Morgan fingerprint density at radius 2 is 1.77 bits per heavy atom. The number of non-ortho nitro benzene ring substituents is 1. The number of nitrogens with zero attached hydrogens (tertiary/aromatic N) is 1. The third-order valence-electron chi connectivity index (χ3n) is 2.81. The van der Waals surface area contributed by atoms with Gasteiger partial charge in [-0.3, -0.25) is 14.9 Å². The van der Waals surface area contributed by atoms with Gasteiger partial charge < -0.3 is 4.74 Å². The van der Waals surface area contributed by atoms with E-state index in [2.05, 4.69) is 0 Å². The van der Waals surface area contributed by atoms with Gasteiger partial charge in [-0.25, -0.2) is 8.98 Å². The first-order valence-corrected chi connectivity index (χ1v) is 9.31. The van der Waals surface area contributed by atoms with Crippen molar-refractivity contribution in [3.8, 4) is 0 Å². The number of alkyl halides is 1. The Morgan fingerprint density at radius 3 is 2.19 bits per heavy atom. The second kappa shape index (κ2) is 8.56. The van der Waals surface area contributed by atoms with Gasteiger partial charge in [-0.05, 0) is 32.9 Å². The van der Waals surface area contributed by atoms with Crippen LogP contribution >= 0.6 is 11.6 Å². The molecule has 11 heteroatoms. The van der Waals surface area contributed by atoms with Crippen LogP contribution in [0, 0.1) is 10.1 Å². The quantitative estimate of drug-likeness (QED) is 0.160. The summed E-state index contributed by atoms with van der Waals surface area (Å²) in [6.45, 7) is 4.62. The summed E-state index contributed by atoms with van der Waals surface area (Å²) in [6.07, 6.45) is -2.32. The second-order valence-electron chi connectivity index (χ2n) is 6.12. The molecule has 1 atom stereocenters. The molecule has 0 saturated carbocycles. The van der Waals surface area contributed by atoms with Crippen LogP contribution in [0.1, 0.15) is 27.2 Å². The minimum atomic E-state index is -4.55. The summed E-state index contributed by atoms with van der Waals surface area (Å²) in [5.41, 5.74) is -1.30. The SMILES string of the molecule is CC(C)(C)OC(=O)C(OS(=O)(=O)c1ccc([N+](=O)[O-])cc1)C(=O)CCCl. The molecule has 0 N–H and O–H groups in total. The first-order chi connectivity index (χ1) is 11.9. The molecule has 0 aliphatic heterocycles. The molecular weight excluding hydrogens is 390 g/mol. The number of nitro groups is 1. The number of hydrogen-bond acceptors (Lipinski definition) is 8. The molecule has 1 rings (SSSR count). The lowest BCUT2D eigenvalue weighted by atomic mass is 10.1. The summed E-state index contributed by atoms with van der Waals surface area (Å²) >= 11 is 5.47. The molecule has 0 heterocycles. The molecule has 26 heavy (non-hydrogen) atoms. The molecule has 0 bridgehead atoms. The predicted octanol–water partition coefficient (Wildman–Crippen LogP) is 2.21. The first-order valence-electron chi connectivity index (χ1n) is 7.36. The van der Waals surface area contributed by atoms with Crippen molar-refractivity contribution < 1.29 is 31.9 Å². The highest BCUT2D eigenvalue weighted by molar-refractivity contribution is 7.86. The lowest BCUT2D eigenvalue weighted by Gasteiger charge is -2.23. The minimum absolute atomic E-state index is 0.140. The van der Waals surface area contributed by atoms with Gasteiger partial charge in [0.05, 0.1) is 9.82 Å². The van der Waals surface area contributed by atoms with Gasteiger partial charge >= 0.3 is 5.97 Å². The highest BCUT2D eigenvalue weighted by atomic mass is 35.5. The van der Waals surface area contributed by atoms with E-state index in [9.17, 15) is 28.1 Å². The fourth-order valence-electron chi connectivity index (χ4n) is 1.72. The van der Waals surface area contributed by atoms with Crippen molar-refractivity contribution in [3.63, 3.8) is 0 Å². The van der Waals surface area contributed by atoms with Crippen molar-refractivity contribution in [1.82, 2.24) is 0 Å². The second-order valence-corrected chi connectivity index (χ2v) is 8.07. The maximum absolute atomic E-state index is 12.3. The van der Waals surface area contributed by atoms with Crippen LogP contribution in [0.15, 0.2) is 29.2 Å². The van der Waals surface area contributed by atoms with Crippen LogP contribution in [0.25, 0.3) is 0 Å². The number of ether oxygens (including phenoxy) is 1. The van der Waals surface area contributed by atoms with Crippen LogP contribution in [0.5, 0.6) is 0 Å². The van der Waals surface area contributed by atoms with E-state index in [1.165, 1.54) is 0 Å². The maximum atomic E-state index is 12.3. The number of halogens is 1. The maximum Gasteiger partial charge on any atom is 0.345 e. The fourth-order valence-corrected chi connectivity index (χ4v) is 2.93. The van der Waals surface area contributed by atoms with Crippen molar-refractivity contribution in [2.75, 3.05) is 5.88 Å². The van der Waals surface area contributed by atoms with Crippen molar-refractivity contribution in [3.05, 3.63) is 34.4 Å². The zero-order chi connectivity index (χ0) is 20.1. The standard InChI is InChI=1S/C15H18ClNO8S/c1-15(2,3)24-14(19)13(12(18)8-9-16)25-26(22,23)11-6-4-10(5-7-11)17(20)21/h4-7,13H,8-9H2,1-3H3. The van der Waals surface area contributed by atoms with Crippen LogP contribution in [-0.4, -0.2) is 42.7 Å². The monoisotopic (exact) mass is 407 g/mol. The molecule has 0 aliphatic rings. The highest BCUT2D eigenvalue weighted by Crippen LogP contribution is 2.21. The largest absolute Gasteiger partial charge is 0.458 e. The number of ketones is 1. The number of benzene rings is 1. The van der Waals surface area contributed by atoms with Gasteiger partial charge in [0, 0.05) is 24.4 Å². The van der Waals surface area contributed by atoms with E-state index in [4.69, 9.17) is 20.5 Å². The first kappa shape index (κ1) is 22.0. The van der Waals surface area contributed by atoms with Crippen molar-refractivity contribution >= 4 is 39.2 Å². The van der Waals surface area contributed by atoms with Crippen LogP contribution in [0.3, 0.4) is 0 Å². The van der Waals surface area contributed by atoms with Crippen LogP contribution in [-0.2, 0) is 28.6 Å². The molecule has 0 spiro atoms. The normalized spacial score (nSPS) is 13.1. The fraction of sp³-hybridized carbons (Fsp3) is 0.467. The molecule has 9 nitrogen and oxygen atoms in total. The Balaban J connectivity index is 3.13. The molecule has 0 aromatic heterocycles. The molecule has 1 unspecified atom stereocenters. The van der Waals surface area contributed by atoms with Crippen LogP contribution < -0.4 is 0 Å². The number of carbonyl (C=O) groups excluding carboxylic acids is 2. The number of rotatable bonds is 8. The van der Waals surface area contributed by atoms with Gasteiger partial charge in [-0.1, -0.05) is 0 Å². The average molecular weight is 408 g/mol. The van der Waals surface area contributed by atoms with Gasteiger partial charge in [-0.2, -0.15) is 8.42 Å². The summed E-state index contributed by atoms with van der Waals surface area (Å²) < 4.78 is 34.4. The van der Waals surface area contributed by atoms with Crippen molar-refractivity contribution in [2.45, 2.75) is 43.8 Å². The number of Topliss-reactive ketones (excluding diaryl/α,β-unsaturated/α-hetero) is 1. The third-order valence-corrected chi connectivity index (χ3v) is 4.30. The smallest absolute Gasteiger partial charge is 0.345 e. The minimum Gasteiger partial charge on any atom is -0.458 e. The van der Waals surface area contributed by atoms with E-state index < -0.39 is 43.4 Å². The average Bonchev–Trinajstić information content (AvgIpc) is 2.51. The topological polar surface area (TPSA) is 130 Å². The summed E-state index contributed by atoms with van der Waals surface area (Å²) in [5, 5.41) is 10.6. The van der Waals surface area contributed by atoms with E-state index >= 15 is 0 Å². The van der Waals surface area contributed by atoms with Crippen molar-refractivity contribution in [2.24, 2.45) is 0 Å². The molecule has 0 aliphatic carbocycles. The van der Waals surface area contributed by atoms with Gasteiger partial charge in [0.15, 0.2) is 5.78 Å². The van der Waals surface area contributed by atoms with E-state index in [0.29, 0.717) is 0 Å². The summed E-state index contributed by atoms with van der Waals surface area (Å²) in [7, 11) is -4.55. The number of hydrogen-bond donors (Lipinski definition) is 0. The Labute approximate surface area is 155 Å². The summed E-state index contributed by atoms with van der Waals surface area (Å²) in [5.74, 6) is -2.17. The van der Waals surface area contributed by atoms with E-state index in [1.807, 2.05) is 0 Å². The molecule has 1 aromatic carbocycles. The summed E-state index contributed by atoms with van der Waals surface area (Å²) in [6, 6.07) is 3.79. The molecule has 144 valence electrons. The van der Waals surface area contributed by atoms with Gasteiger partial charge in [0.2, 0.25) is 6.10 Å². The molecule has 0 fully saturated rings. The lowest BCUT2D eigenvalue weighted by Crippen LogP contribution is -2.40. The summed E-state index contributed by atoms with van der Waals surface area (Å²) in [4.78, 5) is 33.7. The lowest BCUT2D eigenvalue weighted by molar-refractivity contribution is -0.384. The van der Waals surface area contributed by atoms with E-state index in [1.54, 1.807) is 20.8 Å². The molecule has 0 amide bonds. The van der Waals surface area contributed by atoms with Gasteiger partial charge in [0.1, 0.15) is 5.60 Å². The van der Waals surface area contributed by atoms with E-state index in [0.717, 1.165) is 24.3 Å². The van der Waals surface area contributed by atoms with Crippen LogP contribution in [0.4, 0.5) is 5.69 Å². The molecular formula is C15H18ClNO8S. The van der Waals surface area contributed by atoms with E-state index in [-0.39, 0.29) is 18.0 Å². The Kier molecular flexibility index (Phi) is 7.25. The Hall–Kier alpha value is -2.04. The van der Waals surface area contributed by atoms with Gasteiger partial charge in [0.25, 0.3) is 15.8 Å². The third kappa shape index (κ3) is 6.36. The van der Waals surface area contributed by atoms with Crippen LogP contribution in [0.2, 0.25) is 0 Å². The van der Waals surface area contributed by atoms with Crippen molar-refractivity contribution in [1.29, 1.82) is 0 Å². The zero-order valence-corrected chi connectivity index (χ0v) is 15.9. The predicted molar refractivity (Wildman–Crippen MR) is 91.3 cm³/mol.